The van der Waals surface area contributed by atoms with E-state index in [1.54, 1.807) is 0 Å². The van der Waals surface area contributed by atoms with Crippen LogP contribution in [0.5, 0.6) is 0 Å². The third kappa shape index (κ3) is 2.63. The summed E-state index contributed by atoms with van der Waals surface area (Å²) in [5.74, 6) is 0.761. The molecule has 0 aromatic heterocycles. The van der Waals surface area contributed by atoms with Crippen LogP contribution in [0.3, 0.4) is 0 Å². The zero-order chi connectivity index (χ0) is 9.19. The quantitative estimate of drug-likeness (QED) is 0.501. The molecule has 0 N–H and O–H groups in total. The molecule has 1 aliphatic heterocycles. The molecule has 0 aromatic carbocycles. The Hall–Kier alpha value is -0.300. The molecule has 1 heteroatoms. The van der Waals surface area contributed by atoms with Gasteiger partial charge in [0.2, 0.25) is 0 Å². The first-order valence-electron chi connectivity index (χ1n) is 4.92. The number of hydrogen-bond donors (Lipinski definition) is 0. The summed E-state index contributed by atoms with van der Waals surface area (Å²) >= 11 is 0. The van der Waals surface area contributed by atoms with E-state index in [2.05, 4.69) is 44.7 Å². The van der Waals surface area contributed by atoms with Gasteiger partial charge in [-0.2, -0.15) is 0 Å². The zero-order valence-corrected chi connectivity index (χ0v) is 8.80. The van der Waals surface area contributed by atoms with E-state index in [4.69, 9.17) is 0 Å². The van der Waals surface area contributed by atoms with Gasteiger partial charge in [0.25, 0.3) is 0 Å². The Morgan fingerprint density at radius 3 is 2.58 bits per heavy atom. The van der Waals surface area contributed by atoms with E-state index in [9.17, 15) is 0 Å². The topological polar surface area (TPSA) is 3.24 Å². The minimum atomic E-state index is 0.328. The van der Waals surface area contributed by atoms with E-state index in [1.807, 2.05) is 0 Å². The smallest absolute Gasteiger partial charge is 0.0168 e. The van der Waals surface area contributed by atoms with Gasteiger partial charge in [0, 0.05) is 12.1 Å². The lowest BCUT2D eigenvalue weighted by molar-refractivity contribution is 0.152. The van der Waals surface area contributed by atoms with Crippen molar-refractivity contribution < 1.29 is 0 Å². The zero-order valence-electron chi connectivity index (χ0n) is 8.80. The second-order valence-electron chi connectivity index (χ2n) is 4.81. The van der Waals surface area contributed by atoms with Gasteiger partial charge in [0.1, 0.15) is 0 Å². The van der Waals surface area contributed by atoms with Crippen LogP contribution in [-0.2, 0) is 0 Å². The molecule has 0 aliphatic carbocycles. The van der Waals surface area contributed by atoms with Crippen molar-refractivity contribution in [1.82, 2.24) is 4.90 Å². The Labute approximate surface area is 76.5 Å². The summed E-state index contributed by atoms with van der Waals surface area (Å²) in [5, 5.41) is 0. The predicted molar refractivity (Wildman–Crippen MR) is 54.2 cm³/mol. The van der Waals surface area contributed by atoms with Crippen LogP contribution in [0.25, 0.3) is 0 Å². The van der Waals surface area contributed by atoms with Crippen molar-refractivity contribution in [3.63, 3.8) is 0 Å². The molecule has 0 bridgehead atoms. The van der Waals surface area contributed by atoms with Crippen LogP contribution in [0, 0.1) is 5.92 Å². The highest BCUT2D eigenvalue weighted by molar-refractivity contribution is 4.95. The standard InChI is InChI=1S/C11H21N/c1-10-6-5-8-12(9-7-10)11(2,3)4/h5-6,10H,7-9H2,1-4H3. The van der Waals surface area contributed by atoms with Gasteiger partial charge in [-0.3, -0.25) is 4.90 Å². The number of hydrogen-bond acceptors (Lipinski definition) is 1. The highest BCUT2D eigenvalue weighted by Gasteiger charge is 2.21. The average molecular weight is 167 g/mol. The average Bonchev–Trinajstić information content (AvgIpc) is 2.11. The summed E-state index contributed by atoms with van der Waals surface area (Å²) in [6.07, 6.45) is 5.95. The van der Waals surface area contributed by atoms with Crippen molar-refractivity contribution in [2.45, 2.75) is 39.7 Å². The summed E-state index contributed by atoms with van der Waals surface area (Å²) in [6.45, 7) is 11.5. The third-order valence-corrected chi connectivity index (χ3v) is 2.59. The molecule has 0 saturated carbocycles. The monoisotopic (exact) mass is 167 g/mol. The SMILES string of the molecule is CC1C=CCN(C(C)(C)C)CC1. The molecule has 1 atom stereocenters. The van der Waals surface area contributed by atoms with Gasteiger partial charge in [0.15, 0.2) is 0 Å². The van der Waals surface area contributed by atoms with Gasteiger partial charge in [-0.1, -0.05) is 19.1 Å². The lowest BCUT2D eigenvalue weighted by Gasteiger charge is -2.34. The maximum Gasteiger partial charge on any atom is 0.0168 e. The Balaban J connectivity index is 2.55. The van der Waals surface area contributed by atoms with E-state index in [0.29, 0.717) is 5.54 Å². The van der Waals surface area contributed by atoms with Crippen molar-refractivity contribution in [3.8, 4) is 0 Å². The Bertz CT molecular complexity index is 164. The second-order valence-corrected chi connectivity index (χ2v) is 4.81. The van der Waals surface area contributed by atoms with Crippen molar-refractivity contribution in [2.24, 2.45) is 5.92 Å². The van der Waals surface area contributed by atoms with Crippen LogP contribution in [0.15, 0.2) is 12.2 Å². The molecule has 1 unspecified atom stereocenters. The lowest BCUT2D eigenvalue weighted by atomic mass is 10.0. The van der Waals surface area contributed by atoms with Crippen LogP contribution in [0.2, 0.25) is 0 Å². The highest BCUT2D eigenvalue weighted by Crippen LogP contribution is 2.18. The molecule has 70 valence electrons. The van der Waals surface area contributed by atoms with E-state index < -0.39 is 0 Å². The molecule has 1 rings (SSSR count). The first-order valence-corrected chi connectivity index (χ1v) is 4.92. The first-order chi connectivity index (χ1) is 5.50. The molecule has 0 radical (unpaired) electrons. The molecule has 0 aromatic rings. The first kappa shape index (κ1) is 9.79. The summed E-state index contributed by atoms with van der Waals surface area (Å²) < 4.78 is 0. The van der Waals surface area contributed by atoms with Crippen LogP contribution < -0.4 is 0 Å². The van der Waals surface area contributed by atoms with Gasteiger partial charge < -0.3 is 0 Å². The van der Waals surface area contributed by atoms with Gasteiger partial charge in [-0.15, -0.1) is 0 Å². The molecule has 1 heterocycles. The molecule has 12 heavy (non-hydrogen) atoms. The van der Waals surface area contributed by atoms with Gasteiger partial charge in [0.05, 0.1) is 0 Å². The van der Waals surface area contributed by atoms with Crippen molar-refractivity contribution in [3.05, 3.63) is 12.2 Å². The van der Waals surface area contributed by atoms with E-state index in [0.717, 1.165) is 12.5 Å². The Morgan fingerprint density at radius 1 is 1.33 bits per heavy atom. The fraction of sp³-hybridized carbons (Fsp3) is 0.818. The molecular formula is C11H21N. The number of allylic oxidation sites excluding steroid dienone is 1. The van der Waals surface area contributed by atoms with Crippen LogP contribution in [0.1, 0.15) is 34.1 Å². The highest BCUT2D eigenvalue weighted by atomic mass is 15.2. The van der Waals surface area contributed by atoms with Crippen molar-refractivity contribution in [1.29, 1.82) is 0 Å². The Kier molecular flexibility index (Phi) is 2.94. The minimum Gasteiger partial charge on any atom is -0.295 e. The molecule has 0 amide bonds. The lowest BCUT2D eigenvalue weighted by Crippen LogP contribution is -2.41. The molecule has 1 nitrogen and oxygen atoms in total. The minimum absolute atomic E-state index is 0.328. The molecule has 0 spiro atoms. The summed E-state index contributed by atoms with van der Waals surface area (Å²) in [7, 11) is 0. The van der Waals surface area contributed by atoms with Gasteiger partial charge >= 0.3 is 0 Å². The summed E-state index contributed by atoms with van der Waals surface area (Å²) in [5.41, 5.74) is 0.328. The molecule has 0 fully saturated rings. The third-order valence-electron chi connectivity index (χ3n) is 2.59. The summed E-state index contributed by atoms with van der Waals surface area (Å²) in [4.78, 5) is 2.53. The fourth-order valence-corrected chi connectivity index (χ4v) is 1.58. The van der Waals surface area contributed by atoms with Gasteiger partial charge in [-0.25, -0.2) is 0 Å². The number of nitrogens with zero attached hydrogens (tertiary/aromatic N) is 1. The van der Waals surface area contributed by atoms with Crippen LogP contribution in [-0.4, -0.2) is 23.5 Å². The van der Waals surface area contributed by atoms with E-state index in [1.165, 1.54) is 13.0 Å². The van der Waals surface area contributed by atoms with Gasteiger partial charge in [-0.05, 0) is 39.7 Å². The van der Waals surface area contributed by atoms with Crippen LogP contribution >= 0.6 is 0 Å². The Morgan fingerprint density at radius 2 is 2.00 bits per heavy atom. The van der Waals surface area contributed by atoms with Crippen molar-refractivity contribution in [2.75, 3.05) is 13.1 Å². The molecule has 1 aliphatic rings. The maximum absolute atomic E-state index is 2.53. The largest absolute Gasteiger partial charge is 0.295 e. The van der Waals surface area contributed by atoms with E-state index >= 15 is 0 Å². The van der Waals surface area contributed by atoms with E-state index in [-0.39, 0.29) is 0 Å². The molecule has 0 saturated heterocycles. The summed E-state index contributed by atoms with van der Waals surface area (Å²) in [6, 6.07) is 0. The number of rotatable bonds is 0. The fourth-order valence-electron chi connectivity index (χ4n) is 1.58. The maximum atomic E-state index is 2.53. The predicted octanol–water partition coefficient (Wildman–Crippen LogP) is 2.68. The molecular weight excluding hydrogens is 146 g/mol. The van der Waals surface area contributed by atoms with Crippen LogP contribution in [0.4, 0.5) is 0 Å². The second kappa shape index (κ2) is 3.61. The van der Waals surface area contributed by atoms with Crippen molar-refractivity contribution >= 4 is 0 Å². The normalized spacial score (nSPS) is 27.2.